The molecule has 0 heterocycles. The van der Waals surface area contributed by atoms with Crippen LogP contribution in [0.1, 0.15) is 29.5 Å². The first-order valence-corrected chi connectivity index (χ1v) is 9.96. The lowest BCUT2D eigenvalue weighted by Gasteiger charge is -2.13. The van der Waals surface area contributed by atoms with Crippen LogP contribution in [0.3, 0.4) is 0 Å². The van der Waals surface area contributed by atoms with Crippen LogP contribution in [-0.2, 0) is 30.4 Å². The lowest BCUT2D eigenvalue weighted by atomic mass is 10.0. The van der Waals surface area contributed by atoms with Crippen molar-refractivity contribution >= 4 is 28.9 Å². The third-order valence-corrected chi connectivity index (χ3v) is 4.87. The zero-order valence-corrected chi connectivity index (χ0v) is 17.7. The van der Waals surface area contributed by atoms with Crippen LogP contribution in [0.15, 0.2) is 59.9 Å². The van der Waals surface area contributed by atoms with E-state index < -0.39 is 5.97 Å². The minimum absolute atomic E-state index is 0.0623. The molecule has 0 amide bonds. The van der Waals surface area contributed by atoms with E-state index in [1.54, 1.807) is 18.2 Å². The zero-order valence-electron chi connectivity index (χ0n) is 17.0. The lowest BCUT2D eigenvalue weighted by Crippen LogP contribution is -2.13. The number of methoxy groups -OCH3 is 2. The van der Waals surface area contributed by atoms with Crippen molar-refractivity contribution in [1.29, 1.82) is 0 Å². The number of carbonyl (C=O) groups is 1. The average molecular weight is 430 g/mol. The summed E-state index contributed by atoms with van der Waals surface area (Å²) in [6.07, 6.45) is 3.78. The summed E-state index contributed by atoms with van der Waals surface area (Å²) >= 11 is 6.39. The van der Waals surface area contributed by atoms with Crippen LogP contribution in [0.5, 0.6) is 0 Å². The van der Waals surface area contributed by atoms with Gasteiger partial charge in [-0.1, -0.05) is 59.2 Å². The normalized spacial score (nSPS) is 14.4. The van der Waals surface area contributed by atoms with Crippen molar-refractivity contribution in [3.8, 4) is 0 Å². The Morgan fingerprint density at radius 1 is 1.13 bits per heavy atom. The number of esters is 1. The van der Waals surface area contributed by atoms with E-state index in [-0.39, 0.29) is 12.2 Å². The van der Waals surface area contributed by atoms with Gasteiger partial charge in [-0.05, 0) is 18.9 Å². The van der Waals surface area contributed by atoms with Gasteiger partial charge in [-0.25, -0.2) is 4.79 Å². The molecule has 0 atom stereocenters. The summed E-state index contributed by atoms with van der Waals surface area (Å²) in [5.74, 6) is -0.535. The Morgan fingerprint density at radius 3 is 2.57 bits per heavy atom. The van der Waals surface area contributed by atoms with Crippen LogP contribution in [0.4, 0.5) is 0 Å². The summed E-state index contributed by atoms with van der Waals surface area (Å²) in [4.78, 5) is 17.8. The van der Waals surface area contributed by atoms with Crippen LogP contribution in [-0.4, -0.2) is 38.6 Å². The molecule has 1 saturated carbocycles. The maximum absolute atomic E-state index is 12.2. The van der Waals surface area contributed by atoms with Gasteiger partial charge >= 0.3 is 5.97 Å². The maximum Gasteiger partial charge on any atom is 0.341 e. The molecule has 0 aromatic heterocycles. The van der Waals surface area contributed by atoms with E-state index in [0.29, 0.717) is 34.6 Å². The zero-order chi connectivity index (χ0) is 21.3. The van der Waals surface area contributed by atoms with E-state index in [1.807, 2.05) is 30.3 Å². The third kappa shape index (κ3) is 5.84. The Balaban J connectivity index is 1.82. The number of rotatable bonds is 10. The van der Waals surface area contributed by atoms with Gasteiger partial charge in [0.2, 0.25) is 0 Å². The molecule has 7 heteroatoms. The summed E-state index contributed by atoms with van der Waals surface area (Å²) in [6.45, 7) is 0.424. The summed E-state index contributed by atoms with van der Waals surface area (Å²) in [7, 11) is 2.77. The van der Waals surface area contributed by atoms with Gasteiger partial charge in [-0.2, -0.15) is 0 Å². The fraction of sp³-hybridized carbons (Fsp3) is 0.304. The summed E-state index contributed by atoms with van der Waals surface area (Å²) in [5, 5.41) is 4.76. The quantitative estimate of drug-likeness (QED) is 0.181. The van der Waals surface area contributed by atoms with Crippen molar-refractivity contribution < 1.29 is 23.8 Å². The SMILES string of the molecule is CO/C=C(/C(=O)OC)c1cccc(Cl)c1CO/N=C(\COC1CC1)c1ccccc1. The highest BCUT2D eigenvalue weighted by atomic mass is 35.5. The van der Waals surface area contributed by atoms with E-state index in [9.17, 15) is 4.79 Å². The molecule has 6 nitrogen and oxygen atoms in total. The molecule has 2 aromatic carbocycles. The second-order valence-electron chi connectivity index (χ2n) is 6.71. The summed E-state index contributed by atoms with van der Waals surface area (Å²) in [5.41, 5.74) is 3.02. The van der Waals surface area contributed by atoms with E-state index in [2.05, 4.69) is 5.16 Å². The monoisotopic (exact) mass is 429 g/mol. The molecule has 1 aliphatic rings. The van der Waals surface area contributed by atoms with E-state index in [0.717, 1.165) is 18.4 Å². The minimum atomic E-state index is -0.535. The molecule has 1 aliphatic carbocycles. The number of hydrogen-bond donors (Lipinski definition) is 0. The van der Waals surface area contributed by atoms with Gasteiger partial charge < -0.3 is 19.0 Å². The third-order valence-electron chi connectivity index (χ3n) is 4.52. The van der Waals surface area contributed by atoms with Crippen LogP contribution < -0.4 is 0 Å². The van der Waals surface area contributed by atoms with Crippen molar-refractivity contribution in [1.82, 2.24) is 0 Å². The first-order chi connectivity index (χ1) is 14.6. The van der Waals surface area contributed by atoms with Crippen LogP contribution >= 0.6 is 11.6 Å². The molecule has 1 fully saturated rings. The van der Waals surface area contributed by atoms with Crippen molar-refractivity contribution in [3.63, 3.8) is 0 Å². The molecule has 0 unspecified atom stereocenters. The molecule has 0 bridgehead atoms. The molecule has 0 N–H and O–H groups in total. The minimum Gasteiger partial charge on any atom is -0.503 e. The topological polar surface area (TPSA) is 66.4 Å². The lowest BCUT2D eigenvalue weighted by molar-refractivity contribution is -0.133. The van der Waals surface area contributed by atoms with Gasteiger partial charge in [0.05, 0.1) is 33.2 Å². The molecule has 0 saturated heterocycles. The number of hydrogen-bond acceptors (Lipinski definition) is 6. The molecule has 30 heavy (non-hydrogen) atoms. The predicted octanol–water partition coefficient (Wildman–Crippen LogP) is 4.60. The molecule has 3 rings (SSSR count). The highest BCUT2D eigenvalue weighted by molar-refractivity contribution is 6.32. The first kappa shape index (κ1) is 21.9. The summed E-state index contributed by atoms with van der Waals surface area (Å²) in [6, 6.07) is 14.9. The van der Waals surface area contributed by atoms with Crippen molar-refractivity contribution in [2.45, 2.75) is 25.6 Å². The largest absolute Gasteiger partial charge is 0.503 e. The Morgan fingerprint density at radius 2 is 1.90 bits per heavy atom. The van der Waals surface area contributed by atoms with Gasteiger partial charge in [-0.15, -0.1) is 0 Å². The van der Waals surface area contributed by atoms with Gasteiger partial charge in [0.15, 0.2) is 0 Å². The highest BCUT2D eigenvalue weighted by Gasteiger charge is 2.23. The van der Waals surface area contributed by atoms with Crippen LogP contribution in [0.25, 0.3) is 5.57 Å². The first-order valence-electron chi connectivity index (χ1n) is 9.59. The average Bonchev–Trinajstić information content (AvgIpc) is 3.60. The second kappa shape index (κ2) is 10.8. The number of carbonyl (C=O) groups excluding carboxylic acids is 1. The standard InChI is InChI=1S/C23H24ClNO5/c1-27-13-20(23(26)28-2)18-9-6-10-21(24)19(18)14-30-25-22(15-29-17-11-12-17)16-7-4-3-5-8-16/h3-10,13,17H,11-12,14-15H2,1-2H3/b20-13+,25-22+. The fourth-order valence-electron chi connectivity index (χ4n) is 2.81. The molecule has 0 aliphatic heterocycles. The smallest absolute Gasteiger partial charge is 0.341 e. The van der Waals surface area contributed by atoms with E-state index in [1.165, 1.54) is 20.5 Å². The number of benzene rings is 2. The molecule has 0 radical (unpaired) electrons. The van der Waals surface area contributed by atoms with E-state index >= 15 is 0 Å². The van der Waals surface area contributed by atoms with Crippen molar-refractivity contribution in [2.24, 2.45) is 5.16 Å². The Bertz CT molecular complexity index is 922. The molecular weight excluding hydrogens is 406 g/mol. The highest BCUT2D eigenvalue weighted by Crippen LogP contribution is 2.28. The van der Waals surface area contributed by atoms with Crippen molar-refractivity contribution in [3.05, 3.63) is 76.5 Å². The maximum atomic E-state index is 12.2. The number of halogens is 1. The molecule has 2 aromatic rings. The fourth-order valence-corrected chi connectivity index (χ4v) is 3.04. The van der Waals surface area contributed by atoms with E-state index in [4.69, 9.17) is 30.6 Å². The number of nitrogens with zero attached hydrogens (tertiary/aromatic N) is 1. The van der Waals surface area contributed by atoms with Gasteiger partial charge in [-0.3, -0.25) is 0 Å². The van der Waals surface area contributed by atoms with Crippen molar-refractivity contribution in [2.75, 3.05) is 20.8 Å². The van der Waals surface area contributed by atoms with Gasteiger partial charge in [0, 0.05) is 21.7 Å². The molecule has 158 valence electrons. The number of oxime groups is 1. The molecular formula is C23H24ClNO5. The van der Waals surface area contributed by atoms with Gasteiger partial charge in [0.25, 0.3) is 0 Å². The number of ether oxygens (including phenoxy) is 3. The van der Waals surface area contributed by atoms with Crippen LogP contribution in [0, 0.1) is 0 Å². The predicted molar refractivity (Wildman–Crippen MR) is 115 cm³/mol. The molecule has 0 spiro atoms. The Kier molecular flexibility index (Phi) is 7.88. The Labute approximate surface area is 181 Å². The summed E-state index contributed by atoms with van der Waals surface area (Å²) < 4.78 is 15.7. The Hall–Kier alpha value is -2.83. The van der Waals surface area contributed by atoms with Gasteiger partial charge in [0.1, 0.15) is 17.9 Å². The second-order valence-corrected chi connectivity index (χ2v) is 7.12. The van der Waals surface area contributed by atoms with Crippen LogP contribution in [0.2, 0.25) is 5.02 Å².